The molecule has 0 aromatic carbocycles. The summed E-state index contributed by atoms with van der Waals surface area (Å²) < 4.78 is 0. The molecule has 17 heavy (non-hydrogen) atoms. The van der Waals surface area contributed by atoms with Crippen molar-refractivity contribution in [2.75, 3.05) is 11.1 Å². The van der Waals surface area contributed by atoms with Gasteiger partial charge in [-0.1, -0.05) is 6.92 Å². The van der Waals surface area contributed by atoms with Gasteiger partial charge >= 0.3 is 0 Å². The van der Waals surface area contributed by atoms with Crippen LogP contribution >= 0.6 is 11.3 Å². The summed E-state index contributed by atoms with van der Waals surface area (Å²) in [6.07, 6.45) is 4.65. The fraction of sp³-hybridized carbons (Fsp3) is 0.333. The number of aryl methyl sites for hydroxylation is 2. The average molecular weight is 248 g/mol. The lowest BCUT2D eigenvalue weighted by Crippen LogP contribution is -2.02. The zero-order valence-electron chi connectivity index (χ0n) is 10.0. The first-order valence-electron chi connectivity index (χ1n) is 5.58. The van der Waals surface area contributed by atoms with Crippen LogP contribution in [0.3, 0.4) is 0 Å². The molecule has 0 aliphatic heterocycles. The maximum absolute atomic E-state index is 5.72. The van der Waals surface area contributed by atoms with Crippen molar-refractivity contribution in [1.82, 2.24) is 9.97 Å². The molecule has 0 aliphatic carbocycles. The summed E-state index contributed by atoms with van der Waals surface area (Å²) in [4.78, 5) is 9.88. The van der Waals surface area contributed by atoms with Gasteiger partial charge in [0, 0.05) is 11.1 Å². The molecule has 90 valence electrons. The van der Waals surface area contributed by atoms with Crippen LogP contribution in [-0.4, -0.2) is 9.97 Å². The Kier molecular flexibility index (Phi) is 3.58. The number of anilines is 2. The first-order valence-corrected chi connectivity index (χ1v) is 6.40. The van der Waals surface area contributed by atoms with Crippen molar-refractivity contribution in [3.63, 3.8) is 0 Å². The monoisotopic (exact) mass is 248 g/mol. The van der Waals surface area contributed by atoms with Gasteiger partial charge in [0.1, 0.15) is 10.8 Å². The van der Waals surface area contributed by atoms with E-state index in [9.17, 15) is 0 Å². The highest BCUT2D eigenvalue weighted by Gasteiger charge is 2.02. The third-order valence-electron chi connectivity index (χ3n) is 2.52. The second-order valence-corrected chi connectivity index (χ2v) is 5.05. The third-order valence-corrected chi connectivity index (χ3v) is 3.66. The highest BCUT2D eigenvalue weighted by Crippen LogP contribution is 2.16. The molecule has 5 heteroatoms. The minimum Gasteiger partial charge on any atom is -0.397 e. The lowest BCUT2D eigenvalue weighted by atomic mass is 10.2. The molecule has 2 rings (SSSR count). The van der Waals surface area contributed by atoms with Gasteiger partial charge in [-0.3, -0.25) is 0 Å². The largest absolute Gasteiger partial charge is 0.397 e. The van der Waals surface area contributed by atoms with Gasteiger partial charge in [-0.25, -0.2) is 9.97 Å². The summed E-state index contributed by atoms with van der Waals surface area (Å²) in [5.41, 5.74) is 7.48. The van der Waals surface area contributed by atoms with Crippen LogP contribution < -0.4 is 11.1 Å². The summed E-state index contributed by atoms with van der Waals surface area (Å²) in [6, 6.07) is 1.95. The van der Waals surface area contributed by atoms with E-state index < -0.39 is 0 Å². The molecule has 3 N–H and O–H groups in total. The number of aromatic nitrogens is 2. The van der Waals surface area contributed by atoms with Crippen molar-refractivity contribution >= 4 is 22.8 Å². The number of pyridine rings is 1. The van der Waals surface area contributed by atoms with Crippen LogP contribution in [0.2, 0.25) is 0 Å². The highest BCUT2D eigenvalue weighted by atomic mass is 32.1. The Morgan fingerprint density at radius 1 is 1.35 bits per heavy atom. The smallest absolute Gasteiger partial charge is 0.126 e. The maximum Gasteiger partial charge on any atom is 0.126 e. The van der Waals surface area contributed by atoms with Gasteiger partial charge in [0.05, 0.1) is 18.4 Å². The molecule has 2 aromatic heterocycles. The second kappa shape index (κ2) is 5.14. The van der Waals surface area contributed by atoms with Crippen molar-refractivity contribution in [1.29, 1.82) is 0 Å². The summed E-state index contributed by atoms with van der Waals surface area (Å²) in [5.74, 6) is 0.838. The molecule has 0 amide bonds. The number of nitrogens with zero attached hydrogens (tertiary/aromatic N) is 2. The predicted octanol–water partition coefficient (Wildman–Crippen LogP) is 2.60. The van der Waals surface area contributed by atoms with Crippen molar-refractivity contribution in [2.45, 2.75) is 26.8 Å². The van der Waals surface area contributed by atoms with E-state index in [2.05, 4.69) is 22.2 Å². The van der Waals surface area contributed by atoms with Gasteiger partial charge in [-0.2, -0.15) is 0 Å². The normalized spacial score (nSPS) is 10.5. The third kappa shape index (κ3) is 2.94. The minimum atomic E-state index is 0.709. The Morgan fingerprint density at radius 2 is 2.18 bits per heavy atom. The van der Waals surface area contributed by atoms with Crippen molar-refractivity contribution in [2.24, 2.45) is 0 Å². The van der Waals surface area contributed by atoms with E-state index in [1.807, 2.05) is 19.2 Å². The molecular weight excluding hydrogens is 232 g/mol. The zero-order chi connectivity index (χ0) is 12.3. The van der Waals surface area contributed by atoms with Gasteiger partial charge in [0.2, 0.25) is 0 Å². The molecule has 0 saturated heterocycles. The van der Waals surface area contributed by atoms with Crippen molar-refractivity contribution < 1.29 is 0 Å². The van der Waals surface area contributed by atoms with E-state index in [0.29, 0.717) is 6.54 Å². The SMILES string of the molecule is CCc1cnc(CNc2cc(C)c(N)cn2)s1. The van der Waals surface area contributed by atoms with Crippen LogP contribution in [0.25, 0.3) is 0 Å². The highest BCUT2D eigenvalue weighted by molar-refractivity contribution is 7.11. The summed E-state index contributed by atoms with van der Waals surface area (Å²) in [5, 5.41) is 4.33. The summed E-state index contributed by atoms with van der Waals surface area (Å²) in [6.45, 7) is 4.82. The second-order valence-electron chi connectivity index (χ2n) is 3.85. The number of nitrogens with two attached hydrogens (primary N) is 1. The first kappa shape index (κ1) is 11.9. The quantitative estimate of drug-likeness (QED) is 0.873. The number of hydrogen-bond donors (Lipinski definition) is 2. The number of nitrogens with one attached hydrogen (secondary N) is 1. The Bertz CT molecular complexity index is 507. The Hall–Kier alpha value is -1.62. The van der Waals surface area contributed by atoms with Crippen LogP contribution in [0.1, 0.15) is 22.4 Å². The fourth-order valence-electron chi connectivity index (χ4n) is 1.42. The lowest BCUT2D eigenvalue weighted by Gasteiger charge is -2.05. The minimum absolute atomic E-state index is 0.709. The predicted molar refractivity (Wildman–Crippen MR) is 72.2 cm³/mol. The molecule has 0 aliphatic rings. The summed E-state index contributed by atoms with van der Waals surface area (Å²) >= 11 is 1.73. The molecule has 0 atom stereocenters. The molecule has 0 radical (unpaired) electrons. The van der Waals surface area contributed by atoms with Gasteiger partial charge in [0.25, 0.3) is 0 Å². The molecule has 2 aromatic rings. The van der Waals surface area contributed by atoms with Gasteiger partial charge in [-0.15, -0.1) is 11.3 Å². The molecular formula is C12H16N4S. The molecule has 0 fully saturated rings. The van der Waals surface area contributed by atoms with Crippen LogP contribution in [0.15, 0.2) is 18.5 Å². The van der Waals surface area contributed by atoms with Crippen molar-refractivity contribution in [3.05, 3.63) is 33.9 Å². The van der Waals surface area contributed by atoms with E-state index in [-0.39, 0.29) is 0 Å². The van der Waals surface area contributed by atoms with Crippen molar-refractivity contribution in [3.8, 4) is 0 Å². The lowest BCUT2D eigenvalue weighted by molar-refractivity contribution is 1.07. The van der Waals surface area contributed by atoms with Crippen LogP contribution in [-0.2, 0) is 13.0 Å². The standard InChI is InChI=1S/C12H16N4S/c1-3-9-5-16-12(17-9)7-15-11-4-8(2)10(13)6-14-11/h4-6H,3,7,13H2,1-2H3,(H,14,15). The molecule has 0 spiro atoms. The fourth-order valence-corrected chi connectivity index (χ4v) is 2.22. The first-order chi connectivity index (χ1) is 8.19. The average Bonchev–Trinajstić information content (AvgIpc) is 2.79. The van der Waals surface area contributed by atoms with E-state index in [4.69, 9.17) is 5.73 Å². The van der Waals surface area contributed by atoms with Crippen LogP contribution in [0.4, 0.5) is 11.5 Å². The molecule has 0 unspecified atom stereocenters. The van der Waals surface area contributed by atoms with Gasteiger partial charge in [-0.05, 0) is 25.0 Å². The number of thiazole rings is 1. The molecule has 2 heterocycles. The van der Waals surface area contributed by atoms with Crippen LogP contribution in [0.5, 0.6) is 0 Å². The number of rotatable bonds is 4. The van der Waals surface area contributed by atoms with E-state index >= 15 is 0 Å². The Morgan fingerprint density at radius 3 is 2.82 bits per heavy atom. The van der Waals surface area contributed by atoms with E-state index in [1.165, 1.54) is 4.88 Å². The van der Waals surface area contributed by atoms with Crippen LogP contribution in [0, 0.1) is 6.92 Å². The maximum atomic E-state index is 5.72. The van der Waals surface area contributed by atoms with Gasteiger partial charge in [0.15, 0.2) is 0 Å². The Labute approximate surface area is 105 Å². The van der Waals surface area contributed by atoms with E-state index in [1.54, 1.807) is 17.5 Å². The topological polar surface area (TPSA) is 63.8 Å². The molecule has 0 saturated carbocycles. The van der Waals surface area contributed by atoms with Gasteiger partial charge < -0.3 is 11.1 Å². The number of nitrogen functional groups attached to an aromatic ring is 1. The zero-order valence-corrected chi connectivity index (χ0v) is 10.8. The number of hydrogen-bond acceptors (Lipinski definition) is 5. The molecule has 4 nitrogen and oxygen atoms in total. The Balaban J connectivity index is 1.99. The van der Waals surface area contributed by atoms with E-state index in [0.717, 1.165) is 28.5 Å². The summed E-state index contributed by atoms with van der Waals surface area (Å²) in [7, 11) is 0. The molecule has 0 bridgehead atoms.